The van der Waals surface area contributed by atoms with E-state index < -0.39 is 0 Å². The van der Waals surface area contributed by atoms with E-state index in [1.54, 1.807) is 45.6 Å². The molecule has 6 aromatic carbocycles. The Kier molecular flexibility index (Phi) is 31.7. The lowest BCUT2D eigenvalue weighted by Gasteiger charge is -2.06. The lowest BCUT2D eigenvalue weighted by Crippen LogP contribution is -2.25. The van der Waals surface area contributed by atoms with Crippen LogP contribution in [0.15, 0.2) is 236 Å². The lowest BCUT2D eigenvalue weighted by molar-refractivity contribution is -0.657. The van der Waals surface area contributed by atoms with Crippen molar-refractivity contribution >= 4 is 75.0 Å². The number of aryl methyl sites for hydroxylation is 8. The van der Waals surface area contributed by atoms with Gasteiger partial charge in [-0.15, -0.1) is 0 Å². The molecule has 7 N–H and O–H groups in total. The van der Waals surface area contributed by atoms with Gasteiger partial charge in [0.05, 0.1) is 125 Å². The van der Waals surface area contributed by atoms with Crippen molar-refractivity contribution in [1.29, 1.82) is 0 Å². The van der Waals surface area contributed by atoms with Gasteiger partial charge >= 0.3 is 23.8 Å². The van der Waals surface area contributed by atoms with E-state index in [1.807, 2.05) is 193 Å². The minimum absolute atomic E-state index is 0. The quantitative estimate of drug-likeness (QED) is 0.0167. The number of benzene rings is 6. The van der Waals surface area contributed by atoms with E-state index in [9.17, 15) is 0 Å². The van der Waals surface area contributed by atoms with Crippen molar-refractivity contribution in [1.82, 2.24) is 18.3 Å². The summed E-state index contributed by atoms with van der Waals surface area (Å²) >= 11 is 0. The average molecular weight is 1280 g/mol. The Balaban J connectivity index is 0.000000346. The van der Waals surface area contributed by atoms with Crippen molar-refractivity contribution < 1.29 is 32.5 Å². The van der Waals surface area contributed by atoms with Gasteiger partial charge in [-0.3, -0.25) is 0 Å². The molecule has 94 heavy (non-hydrogen) atoms. The SMILES string of the molecule is C.C.C.C.COc1ccc(N=Nc2n(CCCCCCn3cc[n+](C)c3N=Nc3ccc(Nc4ccc(N)cc4)cc3)cc[n+]2C)cc1.COc1ccc(N=Nc2n(CCCCCCn3cc[n+](C)c3N=Nc3ccc(OC)cc3)cc[n+]2C)cc1.Nc1ccc(N)cc1. The third kappa shape index (κ3) is 23.4. The number of nitrogen functional groups attached to an aromatic ring is 3. The second kappa shape index (κ2) is 39.4. The Hall–Kier alpha value is -10.8. The molecule has 0 saturated carbocycles. The van der Waals surface area contributed by atoms with Crippen LogP contribution in [0.3, 0.4) is 0 Å². The number of azo groups is 4. The van der Waals surface area contributed by atoms with Crippen molar-refractivity contribution in [2.24, 2.45) is 69.1 Å². The van der Waals surface area contributed by atoms with Crippen molar-refractivity contribution in [2.45, 2.75) is 107 Å². The van der Waals surface area contributed by atoms with E-state index in [0.717, 1.165) is 170 Å². The molecule has 0 radical (unpaired) electrons. The third-order valence-electron chi connectivity index (χ3n) is 14.5. The van der Waals surface area contributed by atoms with Crippen molar-refractivity contribution in [2.75, 3.05) is 43.8 Å². The minimum atomic E-state index is 0. The van der Waals surface area contributed by atoms with Crippen LogP contribution >= 0.6 is 0 Å². The van der Waals surface area contributed by atoms with Gasteiger partial charge in [0.1, 0.15) is 40.0 Å². The third-order valence-corrected chi connectivity index (χ3v) is 14.5. The molecule has 10 rings (SSSR count). The highest BCUT2D eigenvalue weighted by Gasteiger charge is 2.18. The van der Waals surface area contributed by atoms with Crippen LogP contribution in [0.4, 0.5) is 75.0 Å². The Labute approximate surface area is 555 Å². The van der Waals surface area contributed by atoms with E-state index in [-0.39, 0.29) is 29.7 Å². The topological polar surface area (TPSA) is 252 Å². The van der Waals surface area contributed by atoms with Crippen molar-refractivity contribution in [3.8, 4) is 17.2 Å². The molecule has 0 fully saturated rings. The summed E-state index contributed by atoms with van der Waals surface area (Å²) in [5.41, 5.74) is 23.9. The fourth-order valence-corrected chi connectivity index (χ4v) is 9.31. The van der Waals surface area contributed by atoms with Gasteiger partial charge in [-0.1, -0.05) is 75.8 Å². The largest absolute Gasteiger partial charge is 0.497 e. The molecule has 0 saturated heterocycles. The van der Waals surface area contributed by atoms with E-state index in [2.05, 4.69) is 89.3 Å². The summed E-state index contributed by atoms with van der Waals surface area (Å²) in [6.07, 6.45) is 25.1. The van der Waals surface area contributed by atoms with Crippen LogP contribution < -0.4 is 55.0 Å². The summed E-state index contributed by atoms with van der Waals surface area (Å²) in [7, 11) is 12.9. The van der Waals surface area contributed by atoms with Crippen LogP contribution in [-0.4, -0.2) is 39.6 Å². The number of anilines is 5. The molecule has 0 unspecified atom stereocenters. The number of hydrogen-bond donors (Lipinski definition) is 4. The summed E-state index contributed by atoms with van der Waals surface area (Å²) < 4.78 is 32.2. The fourth-order valence-electron chi connectivity index (χ4n) is 9.31. The smallest absolute Gasteiger partial charge is 0.421 e. The second-order valence-electron chi connectivity index (χ2n) is 21.3. The molecular weight excluding hydrogens is 1180 g/mol. The summed E-state index contributed by atoms with van der Waals surface area (Å²) in [6.45, 7) is 3.58. The molecule has 0 aliphatic heterocycles. The Morgan fingerprint density at radius 1 is 0.309 bits per heavy atom. The van der Waals surface area contributed by atoms with Gasteiger partial charge < -0.3 is 36.7 Å². The number of aromatic nitrogens is 8. The molecular formula is C71H100N20O3+4. The van der Waals surface area contributed by atoms with Crippen LogP contribution in [0.25, 0.3) is 0 Å². The van der Waals surface area contributed by atoms with E-state index in [4.69, 9.17) is 31.4 Å². The number of rotatable bonds is 27. The first kappa shape index (κ1) is 75.6. The van der Waals surface area contributed by atoms with Crippen LogP contribution in [0.5, 0.6) is 17.2 Å². The normalized spacial score (nSPS) is 10.8. The number of unbranched alkanes of at least 4 members (excludes halogenated alkanes) is 6. The molecule has 4 heterocycles. The molecule has 0 aliphatic rings. The van der Waals surface area contributed by atoms with E-state index in [1.165, 1.54) is 0 Å². The number of ether oxygens (including phenoxy) is 3. The van der Waals surface area contributed by atoms with Gasteiger partial charge in [0.2, 0.25) is 0 Å². The first-order valence-corrected chi connectivity index (χ1v) is 30.0. The van der Waals surface area contributed by atoms with Crippen LogP contribution in [0, 0.1) is 0 Å². The first-order valence-electron chi connectivity index (χ1n) is 30.0. The summed E-state index contributed by atoms with van der Waals surface area (Å²) in [5.74, 6) is 5.70. The Morgan fingerprint density at radius 3 is 0.755 bits per heavy atom. The summed E-state index contributed by atoms with van der Waals surface area (Å²) in [4.78, 5) is 0. The maximum atomic E-state index is 5.77. The van der Waals surface area contributed by atoms with Gasteiger partial charge in [0.25, 0.3) is 0 Å². The van der Waals surface area contributed by atoms with Crippen LogP contribution in [0.2, 0.25) is 0 Å². The molecule has 498 valence electrons. The molecule has 23 heteroatoms. The highest BCUT2D eigenvalue weighted by Crippen LogP contribution is 2.26. The zero-order valence-corrected chi connectivity index (χ0v) is 52.6. The number of methoxy groups -OCH3 is 3. The molecule has 4 aromatic heterocycles. The maximum absolute atomic E-state index is 5.77. The molecule has 0 aliphatic carbocycles. The van der Waals surface area contributed by atoms with Crippen molar-refractivity contribution in [3.63, 3.8) is 0 Å². The number of nitrogens with one attached hydrogen (secondary N) is 1. The highest BCUT2D eigenvalue weighted by atomic mass is 16.5. The second-order valence-corrected chi connectivity index (χ2v) is 21.3. The number of nitrogens with two attached hydrogens (primary N) is 3. The minimum Gasteiger partial charge on any atom is -0.497 e. The standard InChI is InChI=1S/C33H39N10O.C28H36N8O2.C6H8N2.4CH4/c1-40-22-24-42(32(40)38-36-29-14-12-28(13-15-29)35-27-10-8-26(34)9-11-27)20-6-4-5-7-21-43-25-23-41(2)33(43)39-37-30-16-18-31(44-3)19-17-30;1-33-19-21-35(27(33)31-29-23-9-13-25(37-3)14-10-23)17-7-5-6-8-18-36-22-20-34(2)28(36)32-30-24-11-15-26(38-4)16-12-24;7-5-1-2-6(8)4-3-5;;;;/h8-19,22-25H,4-7,20-21H2,1-3H3,(H2,34,36);9-16,19-22H,5-8,17-18H2,1-4H3;1-4H,7-8H2;4*1H4/q+1;+2;;;;;/p+1. The molecule has 0 amide bonds. The number of hydrogen-bond acceptors (Lipinski definition) is 15. The molecule has 0 atom stereocenters. The summed E-state index contributed by atoms with van der Waals surface area (Å²) in [6, 6.07) is 45.3. The predicted octanol–water partition coefficient (Wildman–Crippen LogP) is 16.8. The fraction of sp³-hybridized carbons (Fsp3) is 0.324. The maximum Gasteiger partial charge on any atom is 0.421 e. The Bertz CT molecular complexity index is 3760. The van der Waals surface area contributed by atoms with Gasteiger partial charge in [-0.25, -0.2) is 36.5 Å². The zero-order valence-electron chi connectivity index (χ0n) is 52.6. The van der Waals surface area contributed by atoms with Gasteiger partial charge in [0.15, 0.2) is 0 Å². The molecule has 23 nitrogen and oxygen atoms in total. The monoisotopic (exact) mass is 1280 g/mol. The predicted molar refractivity (Wildman–Crippen MR) is 378 cm³/mol. The van der Waals surface area contributed by atoms with Gasteiger partial charge in [0, 0.05) is 48.9 Å². The molecule has 0 bridgehead atoms. The first-order chi connectivity index (χ1) is 43.8. The molecule has 0 spiro atoms. The number of nitrogens with zero attached hydrogens (tertiary/aromatic N) is 16. The zero-order chi connectivity index (χ0) is 63.5. The summed E-state index contributed by atoms with van der Waals surface area (Å²) in [5, 5.41) is 39.1. The Morgan fingerprint density at radius 2 is 0.521 bits per heavy atom. The highest BCUT2D eigenvalue weighted by molar-refractivity contribution is 5.63. The number of imidazole rings is 4. The van der Waals surface area contributed by atoms with Crippen LogP contribution in [0.1, 0.15) is 81.1 Å². The lowest BCUT2D eigenvalue weighted by atomic mass is 10.2. The van der Waals surface area contributed by atoms with Crippen molar-refractivity contribution in [3.05, 3.63) is 195 Å². The average Bonchev–Trinajstić information content (AvgIpc) is 1.91. The van der Waals surface area contributed by atoms with E-state index in [0.29, 0.717) is 0 Å². The molecule has 10 aromatic rings. The van der Waals surface area contributed by atoms with Gasteiger partial charge in [-0.05, 0) is 171 Å². The van der Waals surface area contributed by atoms with E-state index >= 15 is 0 Å². The van der Waals surface area contributed by atoms with Crippen LogP contribution in [-0.2, 0) is 54.4 Å². The van der Waals surface area contributed by atoms with Gasteiger partial charge in [-0.2, -0.15) is 0 Å².